The quantitative estimate of drug-likeness (QED) is 0.590. The third-order valence-corrected chi connectivity index (χ3v) is 4.66. The first kappa shape index (κ1) is 14.8. The van der Waals surface area contributed by atoms with Crippen molar-refractivity contribution in [2.75, 3.05) is 5.32 Å². The van der Waals surface area contributed by atoms with Crippen LogP contribution < -0.4 is 5.32 Å². The zero-order valence-electron chi connectivity index (χ0n) is 13.2. The molecule has 24 heavy (non-hydrogen) atoms. The SMILES string of the molecule is Cc1cc2c(NCc3ccccn3)nc(-c3ccccc3)nc2s1. The highest BCUT2D eigenvalue weighted by molar-refractivity contribution is 7.18. The summed E-state index contributed by atoms with van der Waals surface area (Å²) < 4.78 is 0. The van der Waals surface area contributed by atoms with E-state index in [1.54, 1.807) is 17.5 Å². The van der Waals surface area contributed by atoms with E-state index in [1.165, 1.54) is 4.88 Å². The van der Waals surface area contributed by atoms with Gasteiger partial charge in [-0.3, -0.25) is 4.98 Å². The Hall–Kier alpha value is -2.79. The minimum atomic E-state index is 0.635. The van der Waals surface area contributed by atoms with Gasteiger partial charge in [0.15, 0.2) is 5.82 Å². The molecule has 0 fully saturated rings. The number of hydrogen-bond donors (Lipinski definition) is 1. The molecule has 0 aliphatic rings. The molecule has 0 unspecified atom stereocenters. The van der Waals surface area contributed by atoms with Crippen LogP contribution in [0.1, 0.15) is 10.6 Å². The number of hydrogen-bond acceptors (Lipinski definition) is 5. The largest absolute Gasteiger partial charge is 0.364 e. The lowest BCUT2D eigenvalue weighted by atomic mass is 10.2. The molecule has 1 N–H and O–H groups in total. The van der Waals surface area contributed by atoms with Gasteiger partial charge >= 0.3 is 0 Å². The van der Waals surface area contributed by atoms with Crippen LogP contribution in [-0.4, -0.2) is 15.0 Å². The van der Waals surface area contributed by atoms with Gasteiger partial charge in [-0.2, -0.15) is 0 Å². The zero-order chi connectivity index (χ0) is 16.4. The van der Waals surface area contributed by atoms with Crippen molar-refractivity contribution in [3.63, 3.8) is 0 Å². The Labute approximate surface area is 144 Å². The second kappa shape index (κ2) is 6.37. The van der Waals surface area contributed by atoms with Crippen molar-refractivity contribution >= 4 is 27.4 Å². The van der Waals surface area contributed by atoms with Crippen LogP contribution in [0.3, 0.4) is 0 Å². The van der Waals surface area contributed by atoms with Gasteiger partial charge in [0.05, 0.1) is 17.6 Å². The number of nitrogens with one attached hydrogen (secondary N) is 1. The molecule has 0 atom stereocenters. The number of aryl methyl sites for hydroxylation is 1. The molecule has 0 saturated heterocycles. The number of aromatic nitrogens is 3. The van der Waals surface area contributed by atoms with Gasteiger partial charge in [0.25, 0.3) is 0 Å². The summed E-state index contributed by atoms with van der Waals surface area (Å²) in [6.07, 6.45) is 1.80. The summed E-state index contributed by atoms with van der Waals surface area (Å²) in [5, 5.41) is 4.48. The highest BCUT2D eigenvalue weighted by Crippen LogP contribution is 2.31. The fourth-order valence-electron chi connectivity index (χ4n) is 2.57. The first-order valence-corrected chi connectivity index (χ1v) is 8.58. The van der Waals surface area contributed by atoms with E-state index in [0.29, 0.717) is 6.54 Å². The molecule has 1 aromatic carbocycles. The van der Waals surface area contributed by atoms with Gasteiger partial charge in [-0.1, -0.05) is 36.4 Å². The Morgan fingerprint density at radius 3 is 2.62 bits per heavy atom. The first-order chi connectivity index (χ1) is 11.8. The number of pyridine rings is 1. The third-order valence-electron chi connectivity index (χ3n) is 3.71. The van der Waals surface area contributed by atoms with Crippen molar-refractivity contribution in [1.82, 2.24) is 15.0 Å². The molecular formula is C19H16N4S. The van der Waals surface area contributed by atoms with Gasteiger partial charge in [-0.05, 0) is 25.1 Å². The number of fused-ring (bicyclic) bond motifs is 1. The average molecular weight is 332 g/mol. The molecule has 3 heterocycles. The topological polar surface area (TPSA) is 50.7 Å². The van der Waals surface area contributed by atoms with Gasteiger partial charge in [0.2, 0.25) is 0 Å². The van der Waals surface area contributed by atoms with E-state index < -0.39 is 0 Å². The first-order valence-electron chi connectivity index (χ1n) is 7.77. The molecule has 4 aromatic rings. The summed E-state index contributed by atoms with van der Waals surface area (Å²) in [5.74, 6) is 1.60. The van der Waals surface area contributed by atoms with E-state index in [4.69, 9.17) is 9.97 Å². The van der Waals surface area contributed by atoms with Crippen LogP contribution in [0.4, 0.5) is 5.82 Å². The predicted molar refractivity (Wildman–Crippen MR) is 99.2 cm³/mol. The molecule has 5 heteroatoms. The lowest BCUT2D eigenvalue weighted by molar-refractivity contribution is 1.03. The fourth-order valence-corrected chi connectivity index (χ4v) is 3.45. The maximum atomic E-state index is 4.76. The summed E-state index contributed by atoms with van der Waals surface area (Å²) in [6.45, 7) is 2.73. The summed E-state index contributed by atoms with van der Waals surface area (Å²) in [4.78, 5) is 16.1. The van der Waals surface area contributed by atoms with Crippen LogP contribution in [0.5, 0.6) is 0 Å². The smallest absolute Gasteiger partial charge is 0.163 e. The second-order valence-corrected chi connectivity index (χ2v) is 6.75. The molecule has 4 rings (SSSR count). The van der Waals surface area contributed by atoms with E-state index in [-0.39, 0.29) is 0 Å². The fraction of sp³-hybridized carbons (Fsp3) is 0.105. The maximum Gasteiger partial charge on any atom is 0.163 e. The molecule has 118 valence electrons. The van der Waals surface area contributed by atoms with Crippen LogP contribution in [0, 0.1) is 6.92 Å². The normalized spacial score (nSPS) is 10.9. The number of nitrogens with zero attached hydrogens (tertiary/aromatic N) is 3. The summed E-state index contributed by atoms with van der Waals surface area (Å²) in [6, 6.07) is 18.1. The standard InChI is InChI=1S/C19H16N4S/c1-13-11-16-18(21-12-15-9-5-6-10-20-15)22-17(23-19(16)24-13)14-7-3-2-4-8-14/h2-11H,12H2,1H3,(H,21,22,23). The summed E-state index contributed by atoms with van der Waals surface area (Å²) in [7, 11) is 0. The van der Waals surface area contributed by atoms with Crippen molar-refractivity contribution < 1.29 is 0 Å². The molecule has 0 bridgehead atoms. The number of thiophene rings is 1. The van der Waals surface area contributed by atoms with E-state index >= 15 is 0 Å². The molecule has 0 spiro atoms. The van der Waals surface area contributed by atoms with Gasteiger partial charge in [0.1, 0.15) is 10.6 Å². The van der Waals surface area contributed by atoms with Crippen LogP contribution in [0.15, 0.2) is 60.8 Å². The molecule has 0 saturated carbocycles. The van der Waals surface area contributed by atoms with Crippen LogP contribution in [-0.2, 0) is 6.54 Å². The number of rotatable bonds is 4. The van der Waals surface area contributed by atoms with Crippen LogP contribution in [0.25, 0.3) is 21.6 Å². The number of anilines is 1. The highest BCUT2D eigenvalue weighted by atomic mass is 32.1. The van der Waals surface area contributed by atoms with E-state index in [2.05, 4.69) is 23.3 Å². The Morgan fingerprint density at radius 2 is 1.83 bits per heavy atom. The Bertz CT molecular complexity index is 965. The Balaban J connectivity index is 1.75. The third kappa shape index (κ3) is 2.98. The van der Waals surface area contributed by atoms with Gasteiger partial charge in [0, 0.05) is 16.6 Å². The molecule has 0 radical (unpaired) electrons. The molecule has 0 aliphatic carbocycles. The van der Waals surface area contributed by atoms with Crippen molar-refractivity contribution in [2.24, 2.45) is 0 Å². The van der Waals surface area contributed by atoms with Gasteiger partial charge in [-0.25, -0.2) is 9.97 Å². The monoisotopic (exact) mass is 332 g/mol. The zero-order valence-corrected chi connectivity index (χ0v) is 14.0. The van der Waals surface area contributed by atoms with E-state index in [9.17, 15) is 0 Å². The maximum absolute atomic E-state index is 4.76. The van der Waals surface area contributed by atoms with Crippen molar-refractivity contribution in [3.05, 3.63) is 71.4 Å². The Morgan fingerprint density at radius 1 is 1.00 bits per heavy atom. The Kier molecular flexibility index (Phi) is 3.92. The van der Waals surface area contributed by atoms with E-state index in [1.807, 2.05) is 48.5 Å². The lowest BCUT2D eigenvalue weighted by Crippen LogP contribution is -2.04. The predicted octanol–water partition coefficient (Wildman–Crippen LogP) is 4.67. The second-order valence-electron chi connectivity index (χ2n) is 5.51. The minimum absolute atomic E-state index is 0.635. The van der Waals surface area contributed by atoms with Crippen molar-refractivity contribution in [1.29, 1.82) is 0 Å². The van der Waals surface area contributed by atoms with Crippen LogP contribution in [0.2, 0.25) is 0 Å². The van der Waals surface area contributed by atoms with Crippen LogP contribution >= 0.6 is 11.3 Å². The summed E-state index contributed by atoms with van der Waals surface area (Å²) >= 11 is 1.69. The summed E-state index contributed by atoms with van der Waals surface area (Å²) in [5.41, 5.74) is 2.00. The minimum Gasteiger partial charge on any atom is -0.364 e. The van der Waals surface area contributed by atoms with Crippen molar-refractivity contribution in [3.8, 4) is 11.4 Å². The van der Waals surface area contributed by atoms with Gasteiger partial charge < -0.3 is 5.32 Å². The molecule has 3 aromatic heterocycles. The van der Waals surface area contributed by atoms with Gasteiger partial charge in [-0.15, -0.1) is 11.3 Å². The molecule has 0 aliphatic heterocycles. The number of benzene rings is 1. The molecule has 4 nitrogen and oxygen atoms in total. The lowest BCUT2D eigenvalue weighted by Gasteiger charge is -2.08. The average Bonchev–Trinajstić information content (AvgIpc) is 3.01. The molecule has 0 amide bonds. The van der Waals surface area contributed by atoms with Crippen molar-refractivity contribution in [2.45, 2.75) is 13.5 Å². The highest BCUT2D eigenvalue weighted by Gasteiger charge is 2.12. The van der Waals surface area contributed by atoms with E-state index in [0.717, 1.165) is 33.1 Å². The molecular weight excluding hydrogens is 316 g/mol.